The lowest BCUT2D eigenvalue weighted by molar-refractivity contribution is 0.0686. The summed E-state index contributed by atoms with van der Waals surface area (Å²) in [6.45, 7) is 0. The second-order valence-electron chi connectivity index (χ2n) is 2.06. The van der Waals surface area contributed by atoms with Gasteiger partial charge in [-0.05, 0) is 12.1 Å². The molecule has 1 aromatic rings. The molecule has 1 N–H and O–H groups in total. The zero-order chi connectivity index (χ0) is 9.30. The number of halogens is 2. The molecule has 2 nitrogen and oxygen atoms in total. The van der Waals surface area contributed by atoms with Gasteiger partial charge in [-0.25, -0.2) is 13.6 Å². The van der Waals surface area contributed by atoms with Crippen LogP contribution in [-0.4, -0.2) is 11.1 Å². The van der Waals surface area contributed by atoms with Crippen LogP contribution in [0.4, 0.5) is 8.78 Å². The summed E-state index contributed by atoms with van der Waals surface area (Å²) in [7, 11) is 0. The third-order valence-electron chi connectivity index (χ3n) is 1.29. The molecule has 0 unspecified atom stereocenters. The van der Waals surface area contributed by atoms with Gasteiger partial charge in [0.1, 0.15) is 5.56 Å². The Kier molecular flexibility index (Phi) is 2.32. The Morgan fingerprint density at radius 3 is 2.42 bits per heavy atom. The highest BCUT2D eigenvalue weighted by atomic mass is 32.1. The lowest BCUT2D eigenvalue weighted by Gasteiger charge is -2.00. The van der Waals surface area contributed by atoms with E-state index in [0.717, 1.165) is 12.1 Å². The second kappa shape index (κ2) is 3.10. The van der Waals surface area contributed by atoms with Crippen molar-refractivity contribution in [2.75, 3.05) is 0 Å². The van der Waals surface area contributed by atoms with E-state index in [4.69, 9.17) is 5.11 Å². The highest BCUT2D eigenvalue weighted by Gasteiger charge is 2.17. The molecule has 0 radical (unpaired) electrons. The molecule has 0 aliphatic carbocycles. The maximum atomic E-state index is 12.7. The van der Waals surface area contributed by atoms with Gasteiger partial charge in [-0.3, -0.25) is 0 Å². The van der Waals surface area contributed by atoms with E-state index in [2.05, 4.69) is 12.6 Å². The zero-order valence-electron chi connectivity index (χ0n) is 5.71. The molecular weight excluding hydrogens is 186 g/mol. The molecule has 0 saturated heterocycles. The zero-order valence-corrected chi connectivity index (χ0v) is 6.61. The molecular formula is C7H4F2O2S. The number of thiol groups is 1. The van der Waals surface area contributed by atoms with Gasteiger partial charge in [0.05, 0.1) is 0 Å². The highest BCUT2D eigenvalue weighted by molar-refractivity contribution is 7.80. The first-order valence-electron chi connectivity index (χ1n) is 2.94. The number of benzene rings is 1. The van der Waals surface area contributed by atoms with E-state index in [9.17, 15) is 13.6 Å². The monoisotopic (exact) mass is 190 g/mol. The summed E-state index contributed by atoms with van der Waals surface area (Å²) in [4.78, 5) is 10.2. The number of rotatable bonds is 1. The van der Waals surface area contributed by atoms with E-state index in [1.807, 2.05) is 0 Å². The summed E-state index contributed by atoms with van der Waals surface area (Å²) in [5.74, 6) is -4.10. The Hall–Kier alpha value is -1.10. The van der Waals surface area contributed by atoms with Crippen molar-refractivity contribution in [3.05, 3.63) is 29.3 Å². The van der Waals surface area contributed by atoms with Crippen molar-refractivity contribution < 1.29 is 18.7 Å². The van der Waals surface area contributed by atoms with Gasteiger partial charge in [0.15, 0.2) is 11.6 Å². The lowest BCUT2D eigenvalue weighted by Crippen LogP contribution is -2.04. The fourth-order valence-electron chi connectivity index (χ4n) is 0.744. The van der Waals surface area contributed by atoms with Crippen LogP contribution in [0.3, 0.4) is 0 Å². The molecule has 0 aliphatic rings. The van der Waals surface area contributed by atoms with Crippen LogP contribution in [0.25, 0.3) is 0 Å². The van der Waals surface area contributed by atoms with Gasteiger partial charge in [-0.2, -0.15) is 0 Å². The molecule has 0 heterocycles. The van der Waals surface area contributed by atoms with Crippen LogP contribution < -0.4 is 0 Å². The van der Waals surface area contributed by atoms with E-state index in [1.54, 1.807) is 0 Å². The fraction of sp³-hybridized carbons (Fsp3) is 0. The molecule has 12 heavy (non-hydrogen) atoms. The highest BCUT2D eigenvalue weighted by Crippen LogP contribution is 2.19. The van der Waals surface area contributed by atoms with Crippen molar-refractivity contribution in [1.82, 2.24) is 0 Å². The van der Waals surface area contributed by atoms with Crippen LogP contribution in [0.1, 0.15) is 10.4 Å². The Morgan fingerprint density at radius 2 is 2.00 bits per heavy atom. The van der Waals surface area contributed by atoms with Crippen LogP contribution in [0, 0.1) is 11.6 Å². The van der Waals surface area contributed by atoms with Gasteiger partial charge in [-0.1, -0.05) is 0 Å². The fourth-order valence-corrected chi connectivity index (χ4v) is 1.01. The Labute approximate surface area is 72.2 Å². The molecule has 0 bridgehead atoms. The van der Waals surface area contributed by atoms with E-state index in [1.165, 1.54) is 0 Å². The summed E-state index contributed by atoms with van der Waals surface area (Å²) in [5.41, 5.74) is -0.738. The van der Waals surface area contributed by atoms with E-state index in [0.29, 0.717) is 0 Å². The summed E-state index contributed by atoms with van der Waals surface area (Å²) in [5, 5.41) is 8.42. The predicted molar refractivity (Wildman–Crippen MR) is 40.6 cm³/mol. The molecule has 0 atom stereocenters. The van der Waals surface area contributed by atoms with Gasteiger partial charge in [0, 0.05) is 4.90 Å². The topological polar surface area (TPSA) is 37.3 Å². The van der Waals surface area contributed by atoms with Crippen molar-refractivity contribution >= 4 is 18.6 Å². The van der Waals surface area contributed by atoms with Crippen LogP contribution in [0.5, 0.6) is 0 Å². The minimum atomic E-state index is -1.53. The summed E-state index contributed by atoms with van der Waals surface area (Å²) >= 11 is 3.67. The molecule has 1 aromatic carbocycles. The van der Waals surface area contributed by atoms with Crippen molar-refractivity contribution in [3.63, 3.8) is 0 Å². The normalized spacial score (nSPS) is 9.92. The quantitative estimate of drug-likeness (QED) is 0.664. The van der Waals surface area contributed by atoms with Crippen LogP contribution in [0.2, 0.25) is 0 Å². The number of hydrogen-bond acceptors (Lipinski definition) is 2. The first-order chi connectivity index (χ1) is 5.54. The minimum Gasteiger partial charge on any atom is -0.478 e. The smallest absolute Gasteiger partial charge is 0.339 e. The summed E-state index contributed by atoms with van der Waals surface area (Å²) in [6, 6.07) is 1.91. The van der Waals surface area contributed by atoms with E-state index >= 15 is 0 Å². The minimum absolute atomic E-state index is 0.0959. The standard InChI is InChI=1S/C7H4F2O2S/c8-3-1-2-4(12)5(6(3)9)7(10)11/h1-2,12H,(H,10,11). The Bertz CT molecular complexity index is 338. The summed E-state index contributed by atoms with van der Waals surface area (Å²) < 4.78 is 25.2. The lowest BCUT2D eigenvalue weighted by atomic mass is 10.2. The van der Waals surface area contributed by atoms with Crippen molar-refractivity contribution in [2.45, 2.75) is 4.90 Å². The SMILES string of the molecule is O=C(O)c1c(S)ccc(F)c1F. The van der Waals surface area contributed by atoms with Crippen LogP contribution >= 0.6 is 12.6 Å². The average molecular weight is 190 g/mol. The van der Waals surface area contributed by atoms with Crippen molar-refractivity contribution in [3.8, 4) is 0 Å². The molecule has 0 fully saturated rings. The molecule has 64 valence electrons. The van der Waals surface area contributed by atoms with Gasteiger partial charge >= 0.3 is 5.97 Å². The van der Waals surface area contributed by atoms with E-state index < -0.39 is 23.2 Å². The third kappa shape index (κ3) is 1.40. The second-order valence-corrected chi connectivity index (χ2v) is 2.54. The number of carboxylic acid groups (broad SMARTS) is 1. The Morgan fingerprint density at radius 1 is 1.42 bits per heavy atom. The van der Waals surface area contributed by atoms with Crippen molar-refractivity contribution in [1.29, 1.82) is 0 Å². The van der Waals surface area contributed by atoms with Crippen LogP contribution in [0.15, 0.2) is 17.0 Å². The first-order valence-corrected chi connectivity index (χ1v) is 3.39. The average Bonchev–Trinajstić information content (AvgIpc) is 1.97. The van der Waals surface area contributed by atoms with Gasteiger partial charge in [0.25, 0.3) is 0 Å². The molecule has 1 rings (SSSR count). The van der Waals surface area contributed by atoms with Crippen molar-refractivity contribution in [2.24, 2.45) is 0 Å². The number of aromatic carboxylic acids is 1. The third-order valence-corrected chi connectivity index (χ3v) is 1.66. The molecule has 0 aliphatic heterocycles. The van der Waals surface area contributed by atoms with Crippen LogP contribution in [-0.2, 0) is 0 Å². The van der Waals surface area contributed by atoms with Gasteiger partial charge in [-0.15, -0.1) is 12.6 Å². The maximum absolute atomic E-state index is 12.7. The first kappa shape index (κ1) is 8.99. The summed E-state index contributed by atoms with van der Waals surface area (Å²) in [6.07, 6.45) is 0. The van der Waals surface area contributed by atoms with E-state index in [-0.39, 0.29) is 4.90 Å². The predicted octanol–water partition coefficient (Wildman–Crippen LogP) is 1.95. The molecule has 0 amide bonds. The molecule has 0 spiro atoms. The molecule has 0 saturated carbocycles. The van der Waals surface area contributed by atoms with Gasteiger partial charge in [0.2, 0.25) is 0 Å². The molecule has 0 aromatic heterocycles. The number of carboxylic acids is 1. The largest absolute Gasteiger partial charge is 0.478 e. The maximum Gasteiger partial charge on any atom is 0.339 e. The molecule has 5 heteroatoms. The van der Waals surface area contributed by atoms with Gasteiger partial charge < -0.3 is 5.11 Å². The number of carbonyl (C=O) groups is 1. The Balaban J connectivity index is 3.43. The number of hydrogen-bond donors (Lipinski definition) is 2.